The van der Waals surface area contributed by atoms with E-state index in [-0.39, 0.29) is 5.91 Å². The van der Waals surface area contributed by atoms with Crippen LogP contribution >= 0.6 is 0 Å². The fourth-order valence-electron chi connectivity index (χ4n) is 2.00. The molecule has 0 aliphatic heterocycles. The van der Waals surface area contributed by atoms with Crippen LogP contribution in [0.4, 0.5) is 5.69 Å². The van der Waals surface area contributed by atoms with Gasteiger partial charge in [0.15, 0.2) is 0 Å². The minimum Gasteiger partial charge on any atom is -0.322 e. The average molecular weight is 253 g/mol. The molecule has 2 rings (SSSR count). The molecule has 2 aromatic carbocycles. The second kappa shape index (κ2) is 6.19. The summed E-state index contributed by atoms with van der Waals surface area (Å²) in [6.45, 7) is 4.17. The number of hydrogen-bond acceptors (Lipinski definition) is 1. The second-order valence-electron chi connectivity index (χ2n) is 4.77. The highest BCUT2D eigenvalue weighted by Gasteiger charge is 2.06. The van der Waals surface area contributed by atoms with Gasteiger partial charge in [0.25, 0.3) is 5.91 Å². The quantitative estimate of drug-likeness (QED) is 0.869. The van der Waals surface area contributed by atoms with Crippen molar-refractivity contribution in [3.63, 3.8) is 0 Å². The summed E-state index contributed by atoms with van der Waals surface area (Å²) >= 11 is 0. The van der Waals surface area contributed by atoms with E-state index in [4.69, 9.17) is 0 Å². The molecule has 2 aromatic rings. The molecule has 0 heterocycles. The van der Waals surface area contributed by atoms with E-state index in [2.05, 4.69) is 18.3 Å². The van der Waals surface area contributed by atoms with E-state index in [1.54, 1.807) is 0 Å². The van der Waals surface area contributed by atoms with Crippen molar-refractivity contribution in [1.82, 2.24) is 0 Å². The van der Waals surface area contributed by atoms with E-state index in [0.717, 1.165) is 18.5 Å². The zero-order valence-electron chi connectivity index (χ0n) is 11.4. The minimum absolute atomic E-state index is 0.0539. The van der Waals surface area contributed by atoms with Crippen molar-refractivity contribution in [2.24, 2.45) is 0 Å². The molecule has 1 N–H and O–H groups in total. The van der Waals surface area contributed by atoms with Crippen LogP contribution in [0.2, 0.25) is 0 Å². The number of nitrogens with one attached hydrogen (secondary N) is 1. The summed E-state index contributed by atoms with van der Waals surface area (Å²) in [6.07, 6.45) is 2.09. The Morgan fingerprint density at radius 3 is 2.53 bits per heavy atom. The monoisotopic (exact) mass is 253 g/mol. The normalized spacial score (nSPS) is 10.2. The topological polar surface area (TPSA) is 29.1 Å². The Morgan fingerprint density at radius 2 is 1.84 bits per heavy atom. The molecule has 2 nitrogen and oxygen atoms in total. The van der Waals surface area contributed by atoms with Crippen molar-refractivity contribution in [3.05, 3.63) is 65.2 Å². The van der Waals surface area contributed by atoms with Crippen molar-refractivity contribution in [2.45, 2.75) is 26.7 Å². The van der Waals surface area contributed by atoms with Gasteiger partial charge in [-0.1, -0.05) is 43.2 Å². The predicted molar refractivity (Wildman–Crippen MR) is 79.6 cm³/mol. The fraction of sp³-hybridized carbons (Fsp3) is 0.235. The summed E-state index contributed by atoms with van der Waals surface area (Å²) < 4.78 is 0. The lowest BCUT2D eigenvalue weighted by Gasteiger charge is -2.07. The van der Waals surface area contributed by atoms with Gasteiger partial charge in [-0.2, -0.15) is 0 Å². The molecule has 2 heteroatoms. The maximum atomic E-state index is 12.1. The van der Waals surface area contributed by atoms with Gasteiger partial charge in [-0.3, -0.25) is 4.79 Å². The molecule has 0 aliphatic rings. The molecule has 0 saturated heterocycles. The number of hydrogen-bond donors (Lipinski definition) is 1. The Labute approximate surface area is 114 Å². The number of benzene rings is 2. The van der Waals surface area contributed by atoms with Crippen molar-refractivity contribution in [3.8, 4) is 0 Å². The highest BCUT2D eigenvalue weighted by Crippen LogP contribution is 2.12. The fourth-order valence-corrected chi connectivity index (χ4v) is 2.00. The summed E-state index contributed by atoms with van der Waals surface area (Å²) in [5.74, 6) is -0.0539. The van der Waals surface area contributed by atoms with Crippen molar-refractivity contribution >= 4 is 11.6 Å². The van der Waals surface area contributed by atoms with Gasteiger partial charge in [-0.15, -0.1) is 0 Å². The van der Waals surface area contributed by atoms with Gasteiger partial charge < -0.3 is 5.32 Å². The van der Waals surface area contributed by atoms with Gasteiger partial charge >= 0.3 is 0 Å². The summed E-state index contributed by atoms with van der Waals surface area (Å²) in [4.78, 5) is 12.1. The van der Waals surface area contributed by atoms with Gasteiger partial charge in [0.1, 0.15) is 0 Å². The Morgan fingerprint density at radius 1 is 1.11 bits per heavy atom. The molecule has 0 saturated carbocycles. The third-order valence-electron chi connectivity index (χ3n) is 3.04. The molecule has 0 spiro atoms. The van der Waals surface area contributed by atoms with Crippen molar-refractivity contribution in [1.29, 1.82) is 0 Å². The van der Waals surface area contributed by atoms with Crippen LogP contribution in [0.1, 0.15) is 34.8 Å². The first-order valence-electron chi connectivity index (χ1n) is 6.66. The van der Waals surface area contributed by atoms with Gasteiger partial charge in [-0.25, -0.2) is 0 Å². The number of anilines is 1. The molecule has 0 radical (unpaired) electrons. The molecular weight excluding hydrogens is 234 g/mol. The van der Waals surface area contributed by atoms with Gasteiger partial charge in [-0.05, 0) is 43.2 Å². The van der Waals surface area contributed by atoms with Crippen LogP contribution in [-0.2, 0) is 6.42 Å². The zero-order chi connectivity index (χ0) is 13.7. The van der Waals surface area contributed by atoms with Crippen LogP contribution in [0.15, 0.2) is 48.5 Å². The molecule has 0 aromatic heterocycles. The van der Waals surface area contributed by atoms with Crippen LogP contribution in [0, 0.1) is 6.92 Å². The van der Waals surface area contributed by atoms with E-state index >= 15 is 0 Å². The number of carbonyl (C=O) groups excluding carboxylic acids is 1. The predicted octanol–water partition coefficient (Wildman–Crippen LogP) is 4.20. The van der Waals surface area contributed by atoms with Crippen LogP contribution in [-0.4, -0.2) is 5.91 Å². The standard InChI is InChI=1S/C17H19NO/c1-3-5-14-6-4-7-15(12-14)17(19)18-16-10-8-13(2)9-11-16/h4,6-12H,3,5H2,1-2H3,(H,18,19). The lowest BCUT2D eigenvalue weighted by Crippen LogP contribution is -2.12. The largest absolute Gasteiger partial charge is 0.322 e. The number of aryl methyl sites for hydroxylation is 2. The van der Waals surface area contributed by atoms with Crippen LogP contribution < -0.4 is 5.32 Å². The summed E-state index contributed by atoms with van der Waals surface area (Å²) in [6, 6.07) is 15.6. The molecule has 19 heavy (non-hydrogen) atoms. The van der Waals surface area contributed by atoms with E-state index < -0.39 is 0 Å². The summed E-state index contributed by atoms with van der Waals surface area (Å²) in [7, 11) is 0. The molecule has 98 valence electrons. The van der Waals surface area contributed by atoms with Gasteiger partial charge in [0.05, 0.1) is 0 Å². The second-order valence-corrected chi connectivity index (χ2v) is 4.77. The van der Waals surface area contributed by atoms with E-state index in [0.29, 0.717) is 5.56 Å². The Balaban J connectivity index is 2.11. The number of rotatable bonds is 4. The van der Waals surface area contributed by atoms with E-state index in [1.807, 2.05) is 49.4 Å². The van der Waals surface area contributed by atoms with Crippen molar-refractivity contribution in [2.75, 3.05) is 5.32 Å². The average Bonchev–Trinajstić information content (AvgIpc) is 2.42. The molecule has 0 bridgehead atoms. The molecule has 0 atom stereocenters. The first-order chi connectivity index (χ1) is 9.19. The zero-order valence-corrected chi connectivity index (χ0v) is 11.4. The smallest absolute Gasteiger partial charge is 0.255 e. The first kappa shape index (κ1) is 13.3. The number of carbonyl (C=O) groups is 1. The van der Waals surface area contributed by atoms with E-state index in [1.165, 1.54) is 11.1 Å². The lowest BCUT2D eigenvalue weighted by molar-refractivity contribution is 0.102. The Kier molecular flexibility index (Phi) is 4.35. The summed E-state index contributed by atoms with van der Waals surface area (Å²) in [5, 5.41) is 2.92. The molecular formula is C17H19NO. The Bertz CT molecular complexity index is 558. The first-order valence-corrected chi connectivity index (χ1v) is 6.66. The Hall–Kier alpha value is -2.09. The highest BCUT2D eigenvalue weighted by atomic mass is 16.1. The maximum absolute atomic E-state index is 12.1. The minimum atomic E-state index is -0.0539. The lowest BCUT2D eigenvalue weighted by atomic mass is 10.1. The maximum Gasteiger partial charge on any atom is 0.255 e. The molecule has 0 fully saturated rings. The van der Waals surface area contributed by atoms with E-state index in [9.17, 15) is 4.79 Å². The third-order valence-corrected chi connectivity index (χ3v) is 3.04. The van der Waals surface area contributed by atoms with Gasteiger partial charge in [0, 0.05) is 11.3 Å². The van der Waals surface area contributed by atoms with Gasteiger partial charge in [0.2, 0.25) is 0 Å². The van der Waals surface area contributed by atoms with Crippen LogP contribution in [0.3, 0.4) is 0 Å². The molecule has 0 aliphatic carbocycles. The highest BCUT2D eigenvalue weighted by molar-refractivity contribution is 6.04. The number of amides is 1. The van der Waals surface area contributed by atoms with Crippen LogP contribution in [0.5, 0.6) is 0 Å². The SMILES string of the molecule is CCCc1cccc(C(=O)Nc2ccc(C)cc2)c1. The third kappa shape index (κ3) is 3.68. The molecule has 1 amide bonds. The summed E-state index contributed by atoms with van der Waals surface area (Å²) in [5.41, 5.74) is 3.94. The van der Waals surface area contributed by atoms with Crippen LogP contribution in [0.25, 0.3) is 0 Å². The molecule has 0 unspecified atom stereocenters. The van der Waals surface area contributed by atoms with Crippen molar-refractivity contribution < 1.29 is 4.79 Å².